The average Bonchev–Trinajstić information content (AvgIpc) is 2.24. The lowest BCUT2D eigenvalue weighted by Gasteiger charge is -2.28. The van der Waals surface area contributed by atoms with Crippen LogP contribution < -0.4 is 0 Å². The van der Waals surface area contributed by atoms with Crippen molar-refractivity contribution in [2.45, 2.75) is 24.8 Å². The highest BCUT2D eigenvalue weighted by Gasteiger charge is 2.24. The van der Waals surface area contributed by atoms with Gasteiger partial charge in [0.25, 0.3) is 0 Å². The van der Waals surface area contributed by atoms with Crippen LogP contribution in [0.1, 0.15) is 19.3 Å². The highest BCUT2D eigenvalue weighted by Crippen LogP contribution is 2.31. The minimum atomic E-state index is 0.414. The van der Waals surface area contributed by atoms with Crippen molar-refractivity contribution in [3.05, 3.63) is 0 Å². The Balaban J connectivity index is 1.69. The summed E-state index contributed by atoms with van der Waals surface area (Å²) in [6.45, 7) is 0. The van der Waals surface area contributed by atoms with Gasteiger partial charge in [-0.3, -0.25) is 0 Å². The van der Waals surface area contributed by atoms with Crippen LogP contribution in [0.4, 0.5) is 0 Å². The van der Waals surface area contributed by atoms with Crippen molar-refractivity contribution in [2.24, 2.45) is 0 Å². The predicted molar refractivity (Wildman–Crippen MR) is 84.6 cm³/mol. The summed E-state index contributed by atoms with van der Waals surface area (Å²) in [4.78, 5) is 0. The Kier molecular flexibility index (Phi) is 4.77. The molecule has 2 rings (SSSR count). The van der Waals surface area contributed by atoms with E-state index in [9.17, 15) is 0 Å². The van der Waals surface area contributed by atoms with E-state index < -0.39 is 0 Å². The van der Waals surface area contributed by atoms with Gasteiger partial charge in [0.15, 0.2) is 0 Å². The van der Waals surface area contributed by atoms with E-state index in [2.05, 4.69) is 0 Å². The molecule has 1 saturated heterocycles. The van der Waals surface area contributed by atoms with Crippen molar-refractivity contribution < 1.29 is 0 Å². The maximum absolute atomic E-state index is 1.75. The summed E-state index contributed by atoms with van der Waals surface area (Å²) in [6, 6.07) is 0. The molecule has 2 fully saturated rings. The Hall–Kier alpha value is 1.74. The van der Waals surface area contributed by atoms with Gasteiger partial charge < -0.3 is 0 Å². The van der Waals surface area contributed by atoms with Gasteiger partial charge in [-0.1, -0.05) is 24.8 Å². The van der Waals surface area contributed by atoms with Gasteiger partial charge in [0.2, 0.25) is 0 Å². The number of hydrogen-bond donors (Lipinski definition) is 0. The quantitative estimate of drug-likeness (QED) is 0.446. The third kappa shape index (κ3) is 3.15. The second kappa shape index (κ2) is 5.58. The van der Waals surface area contributed by atoms with E-state index in [1.807, 2.05) is 0 Å². The molecule has 0 aromatic heterocycles. The molecule has 0 aromatic rings. The van der Waals surface area contributed by atoms with Crippen LogP contribution in [0.2, 0.25) is 5.54 Å². The molecule has 0 N–H and O–H groups in total. The molecule has 1 heterocycles. The molecular weight excluding hydrogens is 273 g/mol. The first kappa shape index (κ1) is 10.3. The van der Waals surface area contributed by atoms with Crippen LogP contribution in [-0.2, 0) is 0 Å². The summed E-state index contributed by atoms with van der Waals surface area (Å²) in [6.07, 6.45) is 5.15. The fourth-order valence-corrected chi connectivity index (χ4v) is 366. The Morgan fingerprint density at radius 3 is 2.17 bits per heavy atom. The molecule has 8 heteroatoms. The average molecular weight is 295 g/mol. The third-order valence-electron chi connectivity index (χ3n) is 3.87. The highest BCUT2D eigenvalue weighted by molar-refractivity contribution is 7.86. The predicted octanol–water partition coefficient (Wildman–Crippen LogP) is -5.55. The van der Waals surface area contributed by atoms with E-state index in [4.69, 9.17) is 0 Å². The van der Waals surface area contributed by atoms with Crippen LogP contribution in [0.3, 0.4) is 0 Å². The highest BCUT2D eigenvalue weighted by atomic mass is 30.2. The van der Waals surface area contributed by atoms with E-state index in [0.29, 0.717) is 7.35 Å². The van der Waals surface area contributed by atoms with Gasteiger partial charge in [0.05, 0.1) is 0 Å². The molecule has 2 aliphatic rings. The molecule has 0 bridgehead atoms. The second-order valence-electron chi connectivity index (χ2n) is 4.89. The Bertz CT molecular complexity index is 127. The van der Waals surface area contributed by atoms with Crippen LogP contribution in [0, 0.1) is 0 Å². The molecule has 70 valence electrons. The first-order chi connectivity index (χ1) is 5.95. The van der Waals surface area contributed by atoms with Crippen LogP contribution in [0.15, 0.2) is 0 Å². The zero-order chi connectivity index (χ0) is 8.23. The second-order valence-corrected chi connectivity index (χ2v) is 82.2. The zero-order valence-corrected chi connectivity index (χ0v) is 19.3. The van der Waals surface area contributed by atoms with Crippen LogP contribution in [-0.4, -0.2) is 67.7 Å². The molecule has 1 saturated carbocycles. The van der Waals surface area contributed by atoms with Crippen LogP contribution in [0.25, 0.3) is 0 Å². The van der Waals surface area contributed by atoms with Crippen molar-refractivity contribution in [2.75, 3.05) is 0 Å². The third-order valence-corrected chi connectivity index (χ3v) is 174. The topological polar surface area (TPSA) is 0 Å². The van der Waals surface area contributed by atoms with Gasteiger partial charge in [-0.2, -0.15) is 0 Å². The van der Waals surface area contributed by atoms with E-state index in [1.165, 1.54) is 5.54 Å². The molecular formula is C4H22Si8. The van der Waals surface area contributed by atoms with Gasteiger partial charge in [-0.15, -0.1) is 0 Å². The first-order valence-corrected chi connectivity index (χ1v) is 36.6. The fourth-order valence-electron chi connectivity index (χ4n) is 2.80. The Morgan fingerprint density at radius 2 is 1.67 bits per heavy atom. The molecule has 0 unspecified atom stereocenters. The fraction of sp³-hybridized carbons (Fsp3) is 1.00. The van der Waals surface area contributed by atoms with E-state index in [0.717, 1.165) is 60.4 Å². The van der Waals surface area contributed by atoms with E-state index in [1.54, 1.807) is 19.3 Å². The lowest BCUT2D eigenvalue weighted by atomic mass is 10.00. The first-order valence-electron chi connectivity index (χ1n) is 5.95. The lowest BCUT2D eigenvalue weighted by molar-refractivity contribution is 0.502. The van der Waals surface area contributed by atoms with E-state index in [-0.39, 0.29) is 0 Å². The minimum absolute atomic E-state index is 0.414. The molecule has 0 atom stereocenters. The summed E-state index contributed by atoms with van der Waals surface area (Å²) in [7, 11) is 6.58. The minimum Gasteiger partial charge on any atom is -0.0542 e. The monoisotopic (exact) mass is 294 g/mol. The normalized spacial score (nSPS) is 45.5. The van der Waals surface area contributed by atoms with Crippen molar-refractivity contribution in [1.82, 2.24) is 0 Å². The summed E-state index contributed by atoms with van der Waals surface area (Å²) < 4.78 is 0. The maximum atomic E-state index is 1.75. The molecule has 0 radical (unpaired) electrons. The van der Waals surface area contributed by atoms with Gasteiger partial charge in [0.1, 0.15) is 0 Å². The van der Waals surface area contributed by atoms with Gasteiger partial charge >= 0.3 is 0 Å². The molecule has 0 spiro atoms. The zero-order valence-electron chi connectivity index (χ0n) is 8.23. The van der Waals surface area contributed by atoms with Crippen molar-refractivity contribution in [3.63, 3.8) is 0 Å². The van der Waals surface area contributed by atoms with Crippen LogP contribution in [0.5, 0.6) is 0 Å². The molecule has 0 amide bonds. The molecule has 0 nitrogen and oxygen atoms in total. The summed E-state index contributed by atoms with van der Waals surface area (Å²) in [5, 5.41) is 0. The molecule has 1 aliphatic carbocycles. The molecule has 1 aliphatic heterocycles. The van der Waals surface area contributed by atoms with Crippen LogP contribution >= 0.6 is 0 Å². The largest absolute Gasteiger partial charge is 0.0542 e. The summed E-state index contributed by atoms with van der Waals surface area (Å²) in [5.74, 6) is 0. The van der Waals surface area contributed by atoms with Gasteiger partial charge in [0, 0.05) is 9.04 Å². The number of rotatable bonds is 2. The Morgan fingerprint density at radius 1 is 1.00 bits per heavy atom. The van der Waals surface area contributed by atoms with Gasteiger partial charge in [-0.05, 0) is 58.7 Å². The molecule has 0 aromatic carbocycles. The van der Waals surface area contributed by atoms with Crippen molar-refractivity contribution >= 4 is 67.7 Å². The maximum Gasteiger partial charge on any atom is 0.00896 e. The Labute approximate surface area is 92.1 Å². The standard InChI is InChI=1S/C4H22Si8/c1-2-4(3-1)5-12-10-8-6-7-9-11-12/h4,12H,1-3,5-11H2. The summed E-state index contributed by atoms with van der Waals surface area (Å²) in [5.41, 5.74) is 1.49. The van der Waals surface area contributed by atoms with E-state index >= 15 is 0 Å². The van der Waals surface area contributed by atoms with Crippen molar-refractivity contribution in [3.8, 4) is 0 Å². The lowest BCUT2D eigenvalue weighted by Crippen LogP contribution is -2.44. The molecule has 12 heavy (non-hydrogen) atoms. The SMILES string of the molecule is C1CC([SiH2][SiH]2[SiH2][SiH2][SiH2][SiH2][SiH2][SiH2]2)C1. The van der Waals surface area contributed by atoms with Gasteiger partial charge in [-0.25, -0.2) is 0 Å². The van der Waals surface area contributed by atoms with Crippen molar-refractivity contribution in [1.29, 1.82) is 0 Å². The smallest absolute Gasteiger partial charge is 0.00896 e. The number of hydrogen-bond acceptors (Lipinski definition) is 0. The summed E-state index contributed by atoms with van der Waals surface area (Å²) >= 11 is 0.